The molecule has 1 fully saturated rings. The van der Waals surface area contributed by atoms with E-state index < -0.39 is 58.6 Å². The molecule has 49 heavy (non-hydrogen) atoms. The number of benzene rings is 4. The van der Waals surface area contributed by atoms with Crippen LogP contribution in [0.15, 0.2) is 66.7 Å². The number of ether oxygens (including phenoxy) is 3. The van der Waals surface area contributed by atoms with Crippen molar-refractivity contribution in [1.82, 2.24) is 0 Å². The molecule has 0 aromatic heterocycles. The van der Waals surface area contributed by atoms with Gasteiger partial charge in [0.05, 0.1) is 13.2 Å². The zero-order chi connectivity index (χ0) is 35.1. The van der Waals surface area contributed by atoms with E-state index in [2.05, 4.69) is 11.7 Å². The van der Waals surface area contributed by atoms with E-state index in [1.165, 1.54) is 25.3 Å². The highest BCUT2D eigenvalue weighted by molar-refractivity contribution is 5.64. The maximum Gasteiger partial charge on any atom is 0.432 e. The van der Waals surface area contributed by atoms with Gasteiger partial charge in [0.2, 0.25) is 0 Å². The summed E-state index contributed by atoms with van der Waals surface area (Å²) in [6.45, 7) is 3.49. The lowest BCUT2D eigenvalue weighted by Gasteiger charge is -2.29. The number of hydrogen-bond acceptors (Lipinski definition) is 3. The predicted octanol–water partition coefficient (Wildman–Crippen LogP) is 11.1. The van der Waals surface area contributed by atoms with Crippen molar-refractivity contribution >= 4 is 0 Å². The Kier molecular flexibility index (Phi) is 12.0. The van der Waals surface area contributed by atoms with Crippen LogP contribution in [0.3, 0.4) is 0 Å². The third kappa shape index (κ3) is 9.19. The third-order valence-corrected chi connectivity index (χ3v) is 8.51. The van der Waals surface area contributed by atoms with Crippen LogP contribution in [0.4, 0.5) is 35.1 Å². The molecular formula is C38H36F8O3. The van der Waals surface area contributed by atoms with E-state index in [4.69, 9.17) is 9.47 Å². The molecule has 0 unspecified atom stereocenters. The van der Waals surface area contributed by atoms with Crippen LogP contribution in [0, 0.1) is 40.8 Å². The van der Waals surface area contributed by atoms with Crippen molar-refractivity contribution in [1.29, 1.82) is 0 Å². The van der Waals surface area contributed by atoms with Gasteiger partial charge in [0, 0.05) is 23.6 Å². The second-order valence-corrected chi connectivity index (χ2v) is 12.2. The van der Waals surface area contributed by atoms with Crippen LogP contribution < -0.4 is 4.74 Å². The Morgan fingerprint density at radius 2 is 1.29 bits per heavy atom. The molecular weight excluding hydrogens is 656 g/mol. The molecule has 0 atom stereocenters. The Balaban J connectivity index is 1.12. The number of hydrogen-bond donors (Lipinski definition) is 0. The molecule has 3 nitrogen and oxygen atoms in total. The zero-order valence-corrected chi connectivity index (χ0v) is 26.8. The number of rotatable bonds is 14. The molecule has 0 N–H and O–H groups in total. The van der Waals surface area contributed by atoms with Gasteiger partial charge in [-0.05, 0) is 72.6 Å². The highest BCUT2D eigenvalue weighted by atomic mass is 19.3. The van der Waals surface area contributed by atoms with E-state index in [9.17, 15) is 30.7 Å². The van der Waals surface area contributed by atoms with Crippen LogP contribution in [0.5, 0.6) is 5.75 Å². The highest BCUT2D eigenvalue weighted by Gasteiger charge is 2.41. The summed E-state index contributed by atoms with van der Waals surface area (Å²) in [5.74, 6) is -9.96. The van der Waals surface area contributed by atoms with Gasteiger partial charge < -0.3 is 14.2 Å². The lowest BCUT2D eigenvalue weighted by atomic mass is 9.98. The quantitative estimate of drug-likeness (QED) is 0.0748. The lowest BCUT2D eigenvalue weighted by molar-refractivity contribution is -0.206. The van der Waals surface area contributed by atoms with E-state index in [-0.39, 0.29) is 24.1 Å². The van der Waals surface area contributed by atoms with Crippen LogP contribution in [0.1, 0.15) is 74.0 Å². The van der Waals surface area contributed by atoms with Gasteiger partial charge in [0.15, 0.2) is 23.7 Å². The zero-order valence-electron chi connectivity index (χ0n) is 26.8. The first-order valence-corrected chi connectivity index (χ1v) is 16.3. The average molecular weight is 693 g/mol. The maximum absolute atomic E-state index is 15.0. The van der Waals surface area contributed by atoms with Crippen molar-refractivity contribution in [2.45, 2.75) is 70.7 Å². The maximum atomic E-state index is 15.0. The molecule has 0 aliphatic carbocycles. The lowest BCUT2D eigenvalue weighted by Crippen LogP contribution is -2.27. The fraction of sp³-hybridized carbons (Fsp3) is 0.368. The second kappa shape index (κ2) is 16.2. The van der Waals surface area contributed by atoms with Crippen LogP contribution in [-0.4, -0.2) is 13.2 Å². The number of aryl methyl sites for hydroxylation is 2. The summed E-state index contributed by atoms with van der Waals surface area (Å²) in [6, 6.07) is 14.2. The molecule has 0 spiro atoms. The molecule has 1 aliphatic rings. The van der Waals surface area contributed by atoms with Crippen molar-refractivity contribution in [2.75, 3.05) is 13.2 Å². The fourth-order valence-electron chi connectivity index (χ4n) is 5.83. The smallest absolute Gasteiger partial charge is 0.429 e. The normalized spacial score (nSPS) is 16.6. The van der Waals surface area contributed by atoms with E-state index in [0.717, 1.165) is 17.5 Å². The summed E-state index contributed by atoms with van der Waals surface area (Å²) < 4.78 is 129. The summed E-state index contributed by atoms with van der Waals surface area (Å²) in [5, 5.41) is 0. The van der Waals surface area contributed by atoms with Gasteiger partial charge in [-0.15, -0.1) is 0 Å². The Hall–Kier alpha value is -3.96. The van der Waals surface area contributed by atoms with Crippen LogP contribution >= 0.6 is 0 Å². The van der Waals surface area contributed by atoms with Gasteiger partial charge in [-0.2, -0.15) is 8.78 Å². The number of unbranched alkanes of at least 4 members (excludes halogenated alkanes) is 3. The fourth-order valence-corrected chi connectivity index (χ4v) is 5.83. The molecule has 262 valence electrons. The summed E-state index contributed by atoms with van der Waals surface area (Å²) in [6.07, 6.45) is 0.800. The minimum Gasteiger partial charge on any atom is -0.429 e. The Bertz CT molecular complexity index is 1670. The number of alkyl halides is 2. The summed E-state index contributed by atoms with van der Waals surface area (Å²) >= 11 is 0. The van der Waals surface area contributed by atoms with Crippen molar-refractivity contribution < 1.29 is 49.3 Å². The first-order chi connectivity index (χ1) is 23.4. The van der Waals surface area contributed by atoms with Crippen molar-refractivity contribution in [3.8, 4) is 16.9 Å². The minimum atomic E-state index is -4.66. The topological polar surface area (TPSA) is 27.7 Å². The van der Waals surface area contributed by atoms with Crippen molar-refractivity contribution in [3.05, 3.63) is 124 Å². The summed E-state index contributed by atoms with van der Waals surface area (Å²) in [7, 11) is 0. The molecule has 0 amide bonds. The summed E-state index contributed by atoms with van der Waals surface area (Å²) in [4.78, 5) is 0. The Labute approximate surface area is 279 Å². The van der Waals surface area contributed by atoms with Crippen LogP contribution in [0.2, 0.25) is 0 Å². The molecule has 4 aromatic rings. The molecule has 0 saturated carbocycles. The third-order valence-electron chi connectivity index (χ3n) is 8.51. The Morgan fingerprint density at radius 3 is 1.90 bits per heavy atom. The monoisotopic (exact) mass is 692 g/mol. The van der Waals surface area contributed by atoms with Crippen LogP contribution in [-0.2, 0) is 28.4 Å². The van der Waals surface area contributed by atoms with Gasteiger partial charge in [-0.25, -0.2) is 26.3 Å². The van der Waals surface area contributed by atoms with Gasteiger partial charge >= 0.3 is 6.11 Å². The van der Waals surface area contributed by atoms with Gasteiger partial charge in [-0.1, -0.05) is 62.6 Å². The van der Waals surface area contributed by atoms with Crippen molar-refractivity contribution in [3.63, 3.8) is 0 Å². The minimum absolute atomic E-state index is 0.0727. The van der Waals surface area contributed by atoms with E-state index >= 15 is 4.39 Å². The van der Waals surface area contributed by atoms with Crippen LogP contribution in [0.25, 0.3) is 11.1 Å². The van der Waals surface area contributed by atoms with Crippen molar-refractivity contribution in [2.24, 2.45) is 5.92 Å². The molecule has 1 heterocycles. The summed E-state index contributed by atoms with van der Waals surface area (Å²) in [5.41, 5.74) is 1.17. The predicted molar refractivity (Wildman–Crippen MR) is 168 cm³/mol. The average Bonchev–Trinajstić information content (AvgIpc) is 3.06. The molecule has 1 saturated heterocycles. The first kappa shape index (κ1) is 36.3. The highest BCUT2D eigenvalue weighted by Crippen LogP contribution is 2.37. The largest absolute Gasteiger partial charge is 0.432 e. The first-order valence-electron chi connectivity index (χ1n) is 16.3. The standard InChI is InChI=1S/C38H36F8O3/c1-2-3-4-8-24-21-47-37(48-22-24)27-13-10-25(11-14-27)28-15-12-26(30(39)18-28)9-6-5-7-23-16-31(40)35(32(41)17-23)38(45,46)49-29-19-33(42)36(44)34(43)20-29/h10-20,24,37H,2-9,21-22H2,1H3. The molecule has 1 aliphatic heterocycles. The SMILES string of the molecule is CCCCCC1COC(c2ccc(-c3ccc(CCCCc4cc(F)c(C(F)(F)Oc5cc(F)c(F)c(F)c5)c(F)c4)c(F)c3)cc2)OC1. The van der Waals surface area contributed by atoms with Gasteiger partial charge in [0.25, 0.3) is 0 Å². The molecule has 0 radical (unpaired) electrons. The second-order valence-electron chi connectivity index (χ2n) is 12.2. The van der Waals surface area contributed by atoms with E-state index in [1.54, 1.807) is 6.07 Å². The van der Waals surface area contributed by atoms with Gasteiger partial charge in [-0.3, -0.25) is 0 Å². The van der Waals surface area contributed by atoms with Gasteiger partial charge in [0.1, 0.15) is 28.8 Å². The molecule has 4 aromatic carbocycles. The molecule has 0 bridgehead atoms. The molecule has 5 rings (SSSR count). The number of halogens is 8. The van der Waals surface area contributed by atoms with E-state index in [1.807, 2.05) is 30.3 Å². The molecule has 11 heteroatoms. The van der Waals surface area contributed by atoms with E-state index in [0.29, 0.717) is 61.7 Å². The Morgan fingerprint density at radius 1 is 0.673 bits per heavy atom.